The molecule has 2 fully saturated rings. The van der Waals surface area contributed by atoms with Gasteiger partial charge in [0.2, 0.25) is 5.95 Å². The summed E-state index contributed by atoms with van der Waals surface area (Å²) in [6, 6.07) is 5.73. The Labute approximate surface area is 215 Å². The van der Waals surface area contributed by atoms with E-state index in [0.29, 0.717) is 61.4 Å². The van der Waals surface area contributed by atoms with Crippen molar-refractivity contribution in [2.45, 2.75) is 32.2 Å². The largest absolute Gasteiger partial charge is 0.365 e. The number of carbonyl (C=O) groups excluding carboxylic acids is 1. The van der Waals surface area contributed by atoms with E-state index >= 15 is 0 Å². The number of anilines is 1. The van der Waals surface area contributed by atoms with Crippen LogP contribution in [0.1, 0.15) is 35.1 Å². The van der Waals surface area contributed by atoms with Gasteiger partial charge in [0, 0.05) is 57.3 Å². The van der Waals surface area contributed by atoms with Gasteiger partial charge in [0.05, 0.1) is 23.3 Å². The van der Waals surface area contributed by atoms with Crippen molar-refractivity contribution in [3.63, 3.8) is 0 Å². The average molecular weight is 534 g/mol. The average Bonchev–Trinajstić information content (AvgIpc) is 3.22. The van der Waals surface area contributed by atoms with Crippen molar-refractivity contribution in [2.75, 3.05) is 44.2 Å². The first-order valence-corrected chi connectivity index (χ1v) is 12.4. The minimum Gasteiger partial charge on any atom is -0.365 e. The maximum atomic E-state index is 14.8. The smallest absolute Gasteiger partial charge is 0.284 e. The Balaban J connectivity index is 1.20. The van der Waals surface area contributed by atoms with Crippen LogP contribution in [0.4, 0.5) is 23.2 Å². The van der Waals surface area contributed by atoms with Crippen molar-refractivity contribution < 1.29 is 22.4 Å². The number of hydrogen-bond donors (Lipinski definition) is 2. The standard InChI is InChI=1S/C25H27F4N7O2/c1-2-17-23(37)32-19-11-15(16(26)12-20(19)30-17)13-34-7-9-35(10-8-34)21-4-3-18(31-22(21)27)24(38)33-36-6-5-25(28,29)14-36/h3-4,11-12H,2,5-10,13-14H2,1H3,(H,32,37)(H,33,38). The monoisotopic (exact) mass is 533 g/mol. The summed E-state index contributed by atoms with van der Waals surface area (Å²) in [6.07, 6.45) is 0.0923. The molecule has 202 valence electrons. The number of rotatable bonds is 6. The zero-order valence-corrected chi connectivity index (χ0v) is 20.7. The summed E-state index contributed by atoms with van der Waals surface area (Å²) in [7, 11) is 0. The van der Waals surface area contributed by atoms with Gasteiger partial charge in [-0.15, -0.1) is 0 Å². The predicted octanol–water partition coefficient (Wildman–Crippen LogP) is 2.47. The molecule has 4 heterocycles. The molecule has 2 aromatic heterocycles. The summed E-state index contributed by atoms with van der Waals surface area (Å²) in [5.74, 6) is -4.87. The predicted molar refractivity (Wildman–Crippen MR) is 132 cm³/mol. The summed E-state index contributed by atoms with van der Waals surface area (Å²) < 4.78 is 56.2. The fraction of sp³-hybridized carbons (Fsp3) is 0.440. The summed E-state index contributed by atoms with van der Waals surface area (Å²) in [5, 5.41) is 1.10. The van der Waals surface area contributed by atoms with E-state index in [4.69, 9.17) is 0 Å². The van der Waals surface area contributed by atoms with E-state index in [-0.39, 0.29) is 29.9 Å². The lowest BCUT2D eigenvalue weighted by atomic mass is 10.1. The normalized spacial score (nSPS) is 18.3. The van der Waals surface area contributed by atoms with Crippen LogP contribution >= 0.6 is 0 Å². The van der Waals surface area contributed by atoms with Gasteiger partial charge >= 0.3 is 0 Å². The third-order valence-electron chi connectivity index (χ3n) is 6.86. The molecule has 3 aromatic rings. The summed E-state index contributed by atoms with van der Waals surface area (Å²) in [6.45, 7) is 3.45. The molecule has 1 aromatic carbocycles. The van der Waals surface area contributed by atoms with E-state index in [2.05, 4.69) is 20.4 Å². The molecule has 0 unspecified atom stereocenters. The van der Waals surface area contributed by atoms with Crippen molar-refractivity contribution in [2.24, 2.45) is 0 Å². The Morgan fingerprint density at radius 3 is 2.53 bits per heavy atom. The van der Waals surface area contributed by atoms with Gasteiger partial charge in [-0.25, -0.2) is 28.1 Å². The van der Waals surface area contributed by atoms with Gasteiger partial charge in [-0.05, 0) is 24.6 Å². The van der Waals surface area contributed by atoms with E-state index in [1.165, 1.54) is 18.2 Å². The van der Waals surface area contributed by atoms with E-state index in [1.54, 1.807) is 11.0 Å². The Kier molecular flexibility index (Phi) is 7.05. The lowest BCUT2D eigenvalue weighted by Crippen LogP contribution is -2.46. The number of nitrogens with one attached hydrogen (secondary N) is 2. The zero-order chi connectivity index (χ0) is 27.0. The van der Waals surface area contributed by atoms with Gasteiger partial charge < -0.3 is 9.88 Å². The van der Waals surface area contributed by atoms with Gasteiger partial charge in [0.15, 0.2) is 0 Å². The number of halogens is 4. The van der Waals surface area contributed by atoms with Crippen LogP contribution in [0.5, 0.6) is 0 Å². The number of hydrogen-bond acceptors (Lipinski definition) is 7. The molecule has 0 bridgehead atoms. The van der Waals surface area contributed by atoms with Gasteiger partial charge in [0.25, 0.3) is 17.4 Å². The zero-order valence-electron chi connectivity index (χ0n) is 20.7. The lowest BCUT2D eigenvalue weighted by Gasteiger charge is -2.36. The van der Waals surface area contributed by atoms with Crippen LogP contribution in [0.2, 0.25) is 0 Å². The number of carbonyl (C=O) groups is 1. The number of hydrazine groups is 1. The van der Waals surface area contributed by atoms with Crippen molar-refractivity contribution >= 4 is 22.6 Å². The number of alkyl halides is 2. The number of piperazine rings is 1. The highest BCUT2D eigenvalue weighted by molar-refractivity contribution is 5.92. The number of H-pyrrole nitrogens is 1. The topological polar surface area (TPSA) is 97.5 Å². The van der Waals surface area contributed by atoms with Gasteiger partial charge in [-0.3, -0.25) is 19.9 Å². The fourth-order valence-electron chi connectivity index (χ4n) is 4.76. The van der Waals surface area contributed by atoms with E-state index in [1.807, 2.05) is 11.8 Å². The Hall–Kier alpha value is -3.58. The molecule has 38 heavy (non-hydrogen) atoms. The highest BCUT2D eigenvalue weighted by Crippen LogP contribution is 2.26. The Morgan fingerprint density at radius 2 is 1.87 bits per heavy atom. The van der Waals surface area contributed by atoms with Crippen LogP contribution in [0.25, 0.3) is 11.0 Å². The van der Waals surface area contributed by atoms with E-state index < -0.39 is 30.1 Å². The minimum absolute atomic E-state index is 0.00129. The van der Waals surface area contributed by atoms with Gasteiger partial charge in [-0.1, -0.05) is 6.92 Å². The molecule has 13 heteroatoms. The van der Waals surface area contributed by atoms with Crippen LogP contribution in [-0.2, 0) is 13.0 Å². The van der Waals surface area contributed by atoms with Crippen LogP contribution in [0.15, 0.2) is 29.1 Å². The molecular formula is C25H27F4N7O2. The Bertz CT molecular complexity index is 1420. The van der Waals surface area contributed by atoms with Crippen LogP contribution in [0.3, 0.4) is 0 Å². The first kappa shape index (κ1) is 26.0. The molecule has 0 saturated carbocycles. The number of aryl methyl sites for hydroxylation is 1. The molecule has 0 spiro atoms. The van der Waals surface area contributed by atoms with Crippen LogP contribution in [0, 0.1) is 11.8 Å². The second-order valence-electron chi connectivity index (χ2n) is 9.56. The highest BCUT2D eigenvalue weighted by atomic mass is 19.3. The number of aromatic nitrogens is 3. The molecule has 5 rings (SSSR count). The molecule has 2 saturated heterocycles. The first-order valence-electron chi connectivity index (χ1n) is 12.4. The molecule has 0 aliphatic carbocycles. The first-order chi connectivity index (χ1) is 18.1. The van der Waals surface area contributed by atoms with E-state index in [0.717, 1.165) is 5.01 Å². The molecule has 2 aliphatic heterocycles. The third-order valence-corrected chi connectivity index (χ3v) is 6.86. The third kappa shape index (κ3) is 5.48. The molecule has 0 atom stereocenters. The SMILES string of the molecule is CCc1nc2cc(F)c(CN3CCN(c4ccc(C(=O)NN5CCC(F)(F)C5)nc4F)CC3)cc2[nH]c1=O. The Morgan fingerprint density at radius 1 is 1.11 bits per heavy atom. The maximum Gasteiger partial charge on any atom is 0.284 e. The summed E-state index contributed by atoms with van der Waals surface area (Å²) >= 11 is 0. The number of nitrogens with zero attached hydrogens (tertiary/aromatic N) is 5. The summed E-state index contributed by atoms with van der Waals surface area (Å²) in [4.78, 5) is 39.0. The maximum absolute atomic E-state index is 14.8. The highest BCUT2D eigenvalue weighted by Gasteiger charge is 2.39. The van der Waals surface area contributed by atoms with Gasteiger partial charge in [-0.2, -0.15) is 4.39 Å². The van der Waals surface area contributed by atoms with Crippen molar-refractivity contribution in [3.05, 3.63) is 63.3 Å². The molecular weight excluding hydrogens is 506 g/mol. The minimum atomic E-state index is -2.87. The molecule has 2 N–H and O–H groups in total. The van der Waals surface area contributed by atoms with Crippen molar-refractivity contribution in [1.29, 1.82) is 0 Å². The number of aromatic amines is 1. The van der Waals surface area contributed by atoms with E-state index in [9.17, 15) is 27.2 Å². The van der Waals surface area contributed by atoms with Crippen LogP contribution < -0.4 is 15.9 Å². The van der Waals surface area contributed by atoms with Crippen LogP contribution in [-0.4, -0.2) is 76.0 Å². The van der Waals surface area contributed by atoms with Gasteiger partial charge in [0.1, 0.15) is 17.2 Å². The number of fused-ring (bicyclic) bond motifs is 1. The molecule has 1 amide bonds. The number of benzene rings is 1. The number of amides is 1. The quantitative estimate of drug-likeness (QED) is 0.371. The fourth-order valence-corrected chi connectivity index (χ4v) is 4.76. The molecule has 0 radical (unpaired) electrons. The lowest BCUT2D eigenvalue weighted by molar-refractivity contribution is 0.00697. The summed E-state index contributed by atoms with van der Waals surface area (Å²) in [5.41, 5.74) is 3.71. The second-order valence-corrected chi connectivity index (χ2v) is 9.56. The second kappa shape index (κ2) is 10.3. The van der Waals surface area contributed by atoms with Crippen molar-refractivity contribution in [3.8, 4) is 0 Å². The molecule has 2 aliphatic rings. The molecule has 9 nitrogen and oxygen atoms in total. The van der Waals surface area contributed by atoms with Crippen molar-refractivity contribution in [1.82, 2.24) is 30.3 Å². The number of pyridine rings is 1.